The molecule has 0 atom stereocenters. The fourth-order valence-electron chi connectivity index (χ4n) is 2.99. The van der Waals surface area contributed by atoms with E-state index in [2.05, 4.69) is 24.3 Å². The van der Waals surface area contributed by atoms with Gasteiger partial charge in [-0.25, -0.2) is 4.79 Å². The van der Waals surface area contributed by atoms with E-state index in [1.165, 1.54) is 12.2 Å². The Hall–Kier alpha value is -3.14. The van der Waals surface area contributed by atoms with Crippen LogP contribution in [0.25, 0.3) is 0 Å². The van der Waals surface area contributed by atoms with Crippen LogP contribution >= 0.6 is 19.4 Å². The molecule has 4 aliphatic carbocycles. The van der Waals surface area contributed by atoms with Gasteiger partial charge < -0.3 is 5.11 Å². The van der Waals surface area contributed by atoms with Gasteiger partial charge in [0.25, 0.3) is 0 Å². The van der Waals surface area contributed by atoms with Crippen molar-refractivity contribution >= 4 is 31.1 Å². The number of Topliss-reactive ketones (excluding diaryl/α,β-unsaturated/α-hetero) is 1. The molecule has 0 fully saturated rings. The van der Waals surface area contributed by atoms with Gasteiger partial charge in [-0.2, -0.15) is 0 Å². The van der Waals surface area contributed by atoms with Gasteiger partial charge in [0.1, 0.15) is 5.57 Å². The topological polar surface area (TPSA) is 54.4 Å². The summed E-state index contributed by atoms with van der Waals surface area (Å²) in [5.74, 6) is -1.02. The van der Waals surface area contributed by atoms with Crippen LogP contribution in [0.1, 0.15) is 13.8 Å². The van der Waals surface area contributed by atoms with Crippen LogP contribution in [0, 0.1) is 30.2 Å². The molecule has 6 heteroatoms. The molecule has 0 amide bonds. The zero-order valence-corrected chi connectivity index (χ0v) is 22.3. The molecule has 4 aliphatic rings. The first-order valence-corrected chi connectivity index (χ1v) is 14.9. The van der Waals surface area contributed by atoms with E-state index >= 15 is 0 Å². The summed E-state index contributed by atoms with van der Waals surface area (Å²) in [6, 6.07) is 0. The number of hydrogen-bond donors (Lipinski definition) is 1. The number of aliphatic carboxylic acids is 1. The minimum absolute atomic E-state index is 0.0506. The monoisotopic (exact) mass is 590 g/mol. The number of carboxylic acids is 1. The molecule has 0 bridgehead atoms. The maximum atomic E-state index is 12.0. The molecule has 0 spiro atoms. The third kappa shape index (κ3) is 9.20. The van der Waals surface area contributed by atoms with Gasteiger partial charge in [-0.1, -0.05) is 13.8 Å². The molecule has 35 heavy (non-hydrogen) atoms. The molecule has 0 saturated carbocycles. The van der Waals surface area contributed by atoms with Gasteiger partial charge in [-0.15, -0.1) is 0 Å². The van der Waals surface area contributed by atoms with E-state index in [1.807, 2.05) is 62.5 Å². The van der Waals surface area contributed by atoms with Gasteiger partial charge in [0, 0.05) is 42.4 Å². The number of ketones is 1. The molecule has 0 aromatic carbocycles. The summed E-state index contributed by atoms with van der Waals surface area (Å²) in [5.41, 5.74) is 4.26. The van der Waals surface area contributed by atoms with Crippen LogP contribution in [-0.4, -0.2) is 16.9 Å². The molecule has 0 heterocycles. The van der Waals surface area contributed by atoms with Crippen molar-refractivity contribution in [3.63, 3.8) is 0 Å². The molecule has 0 unspecified atom stereocenters. The first-order chi connectivity index (χ1) is 16.9. The first kappa shape index (κ1) is 28.1. The van der Waals surface area contributed by atoms with E-state index in [-0.39, 0.29) is 32.4 Å². The van der Waals surface area contributed by atoms with Crippen molar-refractivity contribution in [3.8, 4) is 0 Å². The second kappa shape index (κ2) is 15.0. The fraction of sp³-hybridized carbons (Fsp3) is 0.103. The molecule has 174 valence electrons. The van der Waals surface area contributed by atoms with Crippen molar-refractivity contribution in [1.82, 2.24) is 0 Å². The van der Waals surface area contributed by atoms with Crippen LogP contribution < -0.4 is 0 Å². The van der Waals surface area contributed by atoms with Crippen LogP contribution in [-0.2, 0) is 24.7 Å². The van der Waals surface area contributed by atoms with Crippen LogP contribution in [0.5, 0.6) is 0 Å². The summed E-state index contributed by atoms with van der Waals surface area (Å²) in [6.07, 6.45) is 37.8. The zero-order valence-electron chi connectivity index (χ0n) is 19.0. The Bertz CT molecular complexity index is 1160. The van der Waals surface area contributed by atoms with Crippen molar-refractivity contribution in [1.29, 1.82) is 0 Å². The van der Waals surface area contributed by atoms with Crippen LogP contribution in [0.15, 0.2) is 119 Å². The normalized spacial score (nSPS) is 16.3. The number of hydrogen-bond acceptors (Lipinski definition) is 2. The quantitative estimate of drug-likeness (QED) is 0.283. The predicted molar refractivity (Wildman–Crippen MR) is 137 cm³/mol. The van der Waals surface area contributed by atoms with E-state index in [0.29, 0.717) is 16.7 Å². The van der Waals surface area contributed by atoms with Gasteiger partial charge >= 0.3 is 40.5 Å². The molecule has 0 aromatic heterocycles. The average molecular weight is 590 g/mol. The Morgan fingerprint density at radius 1 is 0.829 bits per heavy atom. The molecule has 0 saturated heterocycles. The number of halogens is 2. The number of rotatable bonds is 5. The molecule has 3 nitrogen and oxygen atoms in total. The van der Waals surface area contributed by atoms with Crippen molar-refractivity contribution < 1.29 is 29.8 Å². The van der Waals surface area contributed by atoms with Gasteiger partial charge in [-0.05, 0) is 0 Å². The third-order valence-corrected chi connectivity index (χ3v) is 4.66. The summed E-state index contributed by atoms with van der Waals surface area (Å²) < 4.78 is 0. The predicted octanol–water partition coefficient (Wildman–Crippen LogP) is 6.82. The van der Waals surface area contributed by atoms with Crippen LogP contribution in [0.2, 0.25) is 0 Å². The summed E-state index contributed by atoms with van der Waals surface area (Å²) in [6.45, 7) is 3.69. The molecule has 4 rings (SSSR count). The molecular weight excluding hydrogens is 568 g/mol. The zero-order chi connectivity index (χ0) is 25.6. The van der Waals surface area contributed by atoms with Crippen molar-refractivity contribution in [2.45, 2.75) is 13.8 Å². The molecule has 1 N–H and O–H groups in total. The Labute approximate surface area is 222 Å². The van der Waals surface area contributed by atoms with Gasteiger partial charge in [0.05, 0.1) is 72.9 Å². The Morgan fingerprint density at radius 2 is 1.29 bits per heavy atom. The van der Waals surface area contributed by atoms with Crippen LogP contribution in [0.4, 0.5) is 0 Å². The minimum atomic E-state index is -0.991. The summed E-state index contributed by atoms with van der Waals surface area (Å²) in [4.78, 5) is 23.0. The number of carbonyl (C=O) groups is 2. The Kier molecular flexibility index (Phi) is 12.0. The molecular formula is C29H22Cl2O3Ru+4. The Balaban J connectivity index is 0.000000243. The maximum absolute atomic E-state index is 12.0. The van der Waals surface area contributed by atoms with Gasteiger partial charge in [0.15, 0.2) is 11.4 Å². The molecule has 0 radical (unpaired) electrons. The van der Waals surface area contributed by atoms with E-state index in [0.717, 1.165) is 11.1 Å². The number of carbonyl (C=O) groups excluding carboxylic acids is 1. The number of carboxylic acid groups (broad SMARTS) is 1. The summed E-state index contributed by atoms with van der Waals surface area (Å²) in [7, 11) is 9.71. The fourth-order valence-corrected chi connectivity index (χ4v) is 2.99. The van der Waals surface area contributed by atoms with Gasteiger partial charge in [-0.3, -0.25) is 4.79 Å². The molecule has 0 aliphatic heterocycles. The summed E-state index contributed by atoms with van der Waals surface area (Å²) >= 11 is -0.346. The summed E-state index contributed by atoms with van der Waals surface area (Å²) in [5, 5.41) is 8.99. The average Bonchev–Trinajstić information content (AvgIpc) is 2.90. The van der Waals surface area contributed by atoms with Crippen molar-refractivity contribution in [2.24, 2.45) is 5.92 Å². The van der Waals surface area contributed by atoms with Crippen LogP contribution in [0.3, 0.4) is 0 Å². The van der Waals surface area contributed by atoms with Gasteiger partial charge in [0.2, 0.25) is 22.3 Å². The SMILES string of the molecule is CC(C)C(=O)C1=CC(C2=[C+]C=CC(C(=O)O)=C2)=[C+]C=C1.[C+]1=CC=CC=C1C1=CC=CC=[C+]1.[Cl][Ru][Cl]. The first-order valence-electron chi connectivity index (χ1n) is 10.5. The van der Waals surface area contributed by atoms with E-state index < -0.39 is 5.97 Å². The van der Waals surface area contributed by atoms with E-state index in [4.69, 9.17) is 24.5 Å². The van der Waals surface area contributed by atoms with Crippen molar-refractivity contribution in [3.05, 3.63) is 143 Å². The van der Waals surface area contributed by atoms with E-state index in [1.54, 1.807) is 24.3 Å². The Morgan fingerprint density at radius 3 is 1.69 bits per heavy atom. The third-order valence-electron chi connectivity index (χ3n) is 4.66. The van der Waals surface area contributed by atoms with E-state index in [9.17, 15) is 9.59 Å². The second-order valence-electron chi connectivity index (χ2n) is 7.41. The standard InChI is InChI=1S/C17H13O3.C12H8.2ClH.Ru/c1-11(2)16(18)14-7-3-5-12(9-14)13-6-4-8-15(10-13)17(19)20;1-3-7-11(8-4-1)12-9-5-2-6-10-12;;;/h3-4,7-11H,1-2H3;1-7,9H;2*1H;/q+1;+2;;;+2/p-1. The molecule has 0 aromatic rings. The van der Waals surface area contributed by atoms with Crippen molar-refractivity contribution in [2.75, 3.05) is 0 Å². The second-order valence-corrected chi connectivity index (χ2v) is 10.0. The number of allylic oxidation sites excluding steroid dienone is 22.